The highest BCUT2D eigenvalue weighted by Crippen LogP contribution is 2.11. The molecule has 0 saturated heterocycles. The average Bonchev–Trinajstić information content (AvgIpc) is 2.55. The molecule has 0 aromatic heterocycles. The van der Waals surface area contributed by atoms with E-state index in [9.17, 15) is 9.59 Å². The predicted octanol–water partition coefficient (Wildman–Crippen LogP) is 3.64. The third kappa shape index (κ3) is 5.88. The lowest BCUT2D eigenvalue weighted by Gasteiger charge is -2.09. The molecule has 0 aliphatic carbocycles. The number of rotatable bonds is 7. The fourth-order valence-corrected chi connectivity index (χ4v) is 2.35. The molecule has 0 atom stereocenters. The van der Waals surface area contributed by atoms with Crippen molar-refractivity contribution in [3.05, 3.63) is 65.7 Å². The van der Waals surface area contributed by atoms with Crippen LogP contribution >= 0.6 is 0 Å². The van der Waals surface area contributed by atoms with Crippen LogP contribution in [0.3, 0.4) is 0 Å². The van der Waals surface area contributed by atoms with E-state index in [1.807, 2.05) is 44.2 Å². The standard InChI is InChI=1S/C20H24N2O2/c1-15(2)14-19(23)22-18-10-8-17(9-11-18)20(24)21-13-12-16-6-4-3-5-7-16/h3-11,15H,12-14H2,1-2H3,(H,21,24)(H,22,23). The van der Waals surface area contributed by atoms with Gasteiger partial charge in [0, 0.05) is 24.2 Å². The van der Waals surface area contributed by atoms with E-state index in [1.165, 1.54) is 5.56 Å². The van der Waals surface area contributed by atoms with E-state index < -0.39 is 0 Å². The molecule has 2 amide bonds. The molecule has 2 rings (SSSR count). The number of hydrogen-bond donors (Lipinski definition) is 2. The van der Waals surface area contributed by atoms with Gasteiger partial charge in [-0.05, 0) is 42.2 Å². The van der Waals surface area contributed by atoms with E-state index in [2.05, 4.69) is 10.6 Å². The number of hydrogen-bond acceptors (Lipinski definition) is 2. The largest absolute Gasteiger partial charge is 0.352 e. The van der Waals surface area contributed by atoms with Crippen molar-refractivity contribution in [3.63, 3.8) is 0 Å². The number of carbonyl (C=O) groups excluding carboxylic acids is 2. The highest BCUT2D eigenvalue weighted by molar-refractivity contribution is 5.95. The van der Waals surface area contributed by atoms with Crippen LogP contribution in [0, 0.1) is 5.92 Å². The summed E-state index contributed by atoms with van der Waals surface area (Å²) in [5, 5.41) is 5.74. The van der Waals surface area contributed by atoms with Gasteiger partial charge < -0.3 is 10.6 Å². The first-order chi connectivity index (χ1) is 11.5. The van der Waals surface area contributed by atoms with Gasteiger partial charge in [-0.1, -0.05) is 44.2 Å². The van der Waals surface area contributed by atoms with Crippen LogP contribution in [-0.2, 0) is 11.2 Å². The second-order valence-corrected chi connectivity index (χ2v) is 6.21. The summed E-state index contributed by atoms with van der Waals surface area (Å²) in [7, 11) is 0. The fourth-order valence-electron chi connectivity index (χ4n) is 2.35. The second kappa shape index (κ2) is 8.87. The van der Waals surface area contributed by atoms with E-state index in [4.69, 9.17) is 0 Å². The van der Waals surface area contributed by atoms with Crippen molar-refractivity contribution >= 4 is 17.5 Å². The van der Waals surface area contributed by atoms with E-state index in [1.54, 1.807) is 24.3 Å². The molecule has 4 nitrogen and oxygen atoms in total. The Morgan fingerprint density at radius 1 is 0.958 bits per heavy atom. The summed E-state index contributed by atoms with van der Waals surface area (Å²) < 4.78 is 0. The Kier molecular flexibility index (Phi) is 6.55. The number of anilines is 1. The number of carbonyl (C=O) groups is 2. The Morgan fingerprint density at radius 2 is 1.62 bits per heavy atom. The topological polar surface area (TPSA) is 58.2 Å². The van der Waals surface area contributed by atoms with Crippen molar-refractivity contribution < 1.29 is 9.59 Å². The molecule has 0 spiro atoms. The van der Waals surface area contributed by atoms with Gasteiger partial charge in [0.05, 0.1) is 0 Å². The Morgan fingerprint density at radius 3 is 2.25 bits per heavy atom. The third-order valence-corrected chi connectivity index (χ3v) is 3.57. The Bertz CT molecular complexity index is 664. The maximum absolute atomic E-state index is 12.1. The van der Waals surface area contributed by atoms with Crippen LogP contribution in [0.4, 0.5) is 5.69 Å². The molecular formula is C20H24N2O2. The molecule has 2 aromatic carbocycles. The van der Waals surface area contributed by atoms with E-state index in [0.29, 0.717) is 30.1 Å². The molecule has 2 N–H and O–H groups in total. The minimum Gasteiger partial charge on any atom is -0.352 e. The monoisotopic (exact) mass is 324 g/mol. The summed E-state index contributed by atoms with van der Waals surface area (Å²) in [6.07, 6.45) is 1.29. The van der Waals surface area contributed by atoms with Crippen molar-refractivity contribution in [1.29, 1.82) is 0 Å². The number of benzene rings is 2. The smallest absolute Gasteiger partial charge is 0.251 e. The quantitative estimate of drug-likeness (QED) is 0.817. The highest BCUT2D eigenvalue weighted by Gasteiger charge is 2.07. The van der Waals surface area contributed by atoms with Crippen molar-refractivity contribution in [1.82, 2.24) is 5.32 Å². The second-order valence-electron chi connectivity index (χ2n) is 6.21. The Balaban J connectivity index is 1.81. The van der Waals surface area contributed by atoms with Gasteiger partial charge in [0.2, 0.25) is 5.91 Å². The van der Waals surface area contributed by atoms with Gasteiger partial charge in [0.15, 0.2) is 0 Å². The molecule has 0 heterocycles. The van der Waals surface area contributed by atoms with Crippen LogP contribution < -0.4 is 10.6 Å². The molecule has 24 heavy (non-hydrogen) atoms. The summed E-state index contributed by atoms with van der Waals surface area (Å²) in [5.74, 6) is 0.204. The number of amides is 2. The lowest BCUT2D eigenvalue weighted by atomic mass is 10.1. The van der Waals surface area contributed by atoms with E-state index in [0.717, 1.165) is 6.42 Å². The molecule has 4 heteroatoms. The maximum Gasteiger partial charge on any atom is 0.251 e. The average molecular weight is 324 g/mol. The highest BCUT2D eigenvalue weighted by atomic mass is 16.2. The Labute approximate surface area is 143 Å². The maximum atomic E-state index is 12.1. The molecule has 0 aliphatic heterocycles. The van der Waals surface area contributed by atoms with E-state index >= 15 is 0 Å². The molecule has 0 aliphatic rings. The zero-order chi connectivity index (χ0) is 17.4. The summed E-state index contributed by atoms with van der Waals surface area (Å²) in [6, 6.07) is 17.0. The SMILES string of the molecule is CC(C)CC(=O)Nc1ccc(C(=O)NCCc2ccccc2)cc1. The van der Waals surface area contributed by atoms with Crippen molar-refractivity contribution in [2.24, 2.45) is 5.92 Å². The summed E-state index contributed by atoms with van der Waals surface area (Å²) >= 11 is 0. The van der Waals surface area contributed by atoms with Crippen LogP contribution in [0.25, 0.3) is 0 Å². The molecule has 0 fully saturated rings. The first kappa shape index (κ1) is 17.7. The van der Waals surface area contributed by atoms with E-state index in [-0.39, 0.29) is 11.8 Å². The van der Waals surface area contributed by atoms with Gasteiger partial charge in [-0.25, -0.2) is 0 Å². The molecule has 126 valence electrons. The summed E-state index contributed by atoms with van der Waals surface area (Å²) in [4.78, 5) is 23.8. The van der Waals surface area contributed by atoms with Gasteiger partial charge in [-0.15, -0.1) is 0 Å². The lowest BCUT2D eigenvalue weighted by molar-refractivity contribution is -0.116. The van der Waals surface area contributed by atoms with Crippen LogP contribution in [0.2, 0.25) is 0 Å². The molecule has 0 bridgehead atoms. The molecule has 0 unspecified atom stereocenters. The van der Waals surface area contributed by atoms with Crippen LogP contribution in [0.15, 0.2) is 54.6 Å². The van der Waals surface area contributed by atoms with Crippen LogP contribution in [0.5, 0.6) is 0 Å². The van der Waals surface area contributed by atoms with Gasteiger partial charge in [-0.3, -0.25) is 9.59 Å². The van der Waals surface area contributed by atoms with Crippen LogP contribution in [0.1, 0.15) is 36.2 Å². The minimum absolute atomic E-state index is 0.00920. The third-order valence-electron chi connectivity index (χ3n) is 3.57. The van der Waals surface area contributed by atoms with Crippen molar-refractivity contribution in [2.75, 3.05) is 11.9 Å². The summed E-state index contributed by atoms with van der Waals surface area (Å²) in [5.41, 5.74) is 2.49. The van der Waals surface area contributed by atoms with Gasteiger partial charge in [0.25, 0.3) is 5.91 Å². The normalized spacial score (nSPS) is 10.5. The first-order valence-electron chi connectivity index (χ1n) is 8.26. The molecular weight excluding hydrogens is 300 g/mol. The van der Waals surface area contributed by atoms with Gasteiger partial charge in [-0.2, -0.15) is 0 Å². The first-order valence-corrected chi connectivity index (χ1v) is 8.26. The molecule has 0 radical (unpaired) electrons. The zero-order valence-electron chi connectivity index (χ0n) is 14.2. The van der Waals surface area contributed by atoms with Crippen LogP contribution in [-0.4, -0.2) is 18.4 Å². The number of nitrogens with one attached hydrogen (secondary N) is 2. The molecule has 0 saturated carbocycles. The minimum atomic E-state index is -0.106. The van der Waals surface area contributed by atoms with Crippen molar-refractivity contribution in [2.45, 2.75) is 26.7 Å². The van der Waals surface area contributed by atoms with Gasteiger partial charge >= 0.3 is 0 Å². The zero-order valence-corrected chi connectivity index (χ0v) is 14.2. The molecule has 2 aromatic rings. The summed E-state index contributed by atoms with van der Waals surface area (Å²) in [6.45, 7) is 4.60. The Hall–Kier alpha value is -2.62. The van der Waals surface area contributed by atoms with Gasteiger partial charge in [0.1, 0.15) is 0 Å². The fraction of sp³-hybridized carbons (Fsp3) is 0.300. The predicted molar refractivity (Wildman–Crippen MR) is 97.0 cm³/mol. The lowest BCUT2D eigenvalue weighted by Crippen LogP contribution is -2.25. The van der Waals surface area contributed by atoms with Crippen molar-refractivity contribution in [3.8, 4) is 0 Å².